The molecule has 4 rings (SSSR count). The van der Waals surface area contributed by atoms with E-state index in [0.29, 0.717) is 18.3 Å². The van der Waals surface area contributed by atoms with Gasteiger partial charge in [-0.15, -0.1) is 0 Å². The van der Waals surface area contributed by atoms with Crippen molar-refractivity contribution in [3.05, 3.63) is 0 Å². The first kappa shape index (κ1) is 17.7. The van der Waals surface area contributed by atoms with E-state index in [9.17, 15) is 14.0 Å². The smallest absolute Gasteiger partial charge is 0.312 e. The van der Waals surface area contributed by atoms with E-state index >= 15 is 0 Å². The molecular weight excluding hydrogens is 311 g/mol. The normalized spacial score (nSPS) is 37.3. The van der Waals surface area contributed by atoms with Gasteiger partial charge in [0.05, 0.1) is 10.8 Å². The minimum Gasteiger partial charge on any atom is -0.462 e. The number of alkyl halides is 1. The van der Waals surface area contributed by atoms with Crippen LogP contribution in [0.25, 0.3) is 0 Å². The molecule has 0 spiro atoms. The van der Waals surface area contributed by atoms with Gasteiger partial charge >= 0.3 is 11.9 Å². The van der Waals surface area contributed by atoms with E-state index in [-0.39, 0.29) is 18.5 Å². The Bertz CT molecular complexity index is 513. The molecule has 4 nitrogen and oxygen atoms in total. The minimum atomic E-state index is -0.653. The highest BCUT2D eigenvalue weighted by Crippen LogP contribution is 2.63. The monoisotopic (exact) mass is 340 g/mol. The van der Waals surface area contributed by atoms with Crippen LogP contribution in [0.4, 0.5) is 4.39 Å². The van der Waals surface area contributed by atoms with Gasteiger partial charge in [-0.2, -0.15) is 0 Å². The van der Waals surface area contributed by atoms with Crippen molar-refractivity contribution in [1.82, 2.24) is 0 Å². The van der Waals surface area contributed by atoms with Crippen molar-refractivity contribution < 1.29 is 23.5 Å². The van der Waals surface area contributed by atoms with Crippen molar-refractivity contribution in [1.29, 1.82) is 0 Å². The van der Waals surface area contributed by atoms with E-state index in [1.807, 2.05) is 20.8 Å². The maximum Gasteiger partial charge on any atom is 0.312 e. The predicted octanol–water partition coefficient (Wildman–Crippen LogP) is 3.82. The first-order valence-electron chi connectivity index (χ1n) is 9.21. The van der Waals surface area contributed by atoms with Crippen LogP contribution in [0.15, 0.2) is 0 Å². The Labute approximate surface area is 143 Å². The Kier molecular flexibility index (Phi) is 4.42. The molecule has 4 saturated carbocycles. The lowest BCUT2D eigenvalue weighted by Crippen LogP contribution is -2.60. The van der Waals surface area contributed by atoms with Crippen molar-refractivity contribution in [3.63, 3.8) is 0 Å². The van der Waals surface area contributed by atoms with Gasteiger partial charge in [0.25, 0.3) is 0 Å². The summed E-state index contributed by atoms with van der Waals surface area (Å²) >= 11 is 0. The Morgan fingerprint density at radius 1 is 1.17 bits per heavy atom. The van der Waals surface area contributed by atoms with Gasteiger partial charge < -0.3 is 9.47 Å². The summed E-state index contributed by atoms with van der Waals surface area (Å²) < 4.78 is 23.6. The molecule has 4 aliphatic rings. The van der Waals surface area contributed by atoms with Gasteiger partial charge in [-0.05, 0) is 64.2 Å². The topological polar surface area (TPSA) is 52.6 Å². The van der Waals surface area contributed by atoms with Crippen LogP contribution < -0.4 is 0 Å². The number of carbonyl (C=O) groups is 2. The van der Waals surface area contributed by atoms with E-state index in [1.54, 1.807) is 0 Å². The largest absolute Gasteiger partial charge is 0.462 e. The fourth-order valence-electron chi connectivity index (χ4n) is 5.30. The SMILES string of the molecule is CCC(C)(C)C(=O)OC12CC3CC(C1)CC(C(=O)OCCF)(C3)C2. The molecule has 4 aliphatic carbocycles. The minimum absolute atomic E-state index is 0.167. The van der Waals surface area contributed by atoms with Crippen molar-refractivity contribution in [2.75, 3.05) is 13.3 Å². The highest BCUT2D eigenvalue weighted by atomic mass is 19.1. The molecule has 0 aromatic carbocycles. The van der Waals surface area contributed by atoms with Gasteiger partial charge in [0.15, 0.2) is 0 Å². The first-order valence-corrected chi connectivity index (χ1v) is 9.21. The van der Waals surface area contributed by atoms with E-state index in [1.165, 1.54) is 0 Å². The molecule has 24 heavy (non-hydrogen) atoms. The summed E-state index contributed by atoms with van der Waals surface area (Å²) in [5.41, 5.74) is -1.61. The van der Waals surface area contributed by atoms with Crippen molar-refractivity contribution in [3.8, 4) is 0 Å². The summed E-state index contributed by atoms with van der Waals surface area (Å²) in [6, 6.07) is 0. The third kappa shape index (κ3) is 2.95. The third-order valence-corrected chi connectivity index (χ3v) is 6.50. The van der Waals surface area contributed by atoms with E-state index in [2.05, 4.69) is 0 Å². The Balaban J connectivity index is 1.80. The summed E-state index contributed by atoms with van der Waals surface area (Å²) in [7, 11) is 0. The number of rotatable bonds is 6. The molecule has 4 bridgehead atoms. The van der Waals surface area contributed by atoms with Crippen LogP contribution in [0.1, 0.15) is 65.7 Å². The van der Waals surface area contributed by atoms with Crippen molar-refractivity contribution >= 4 is 11.9 Å². The van der Waals surface area contributed by atoms with Crippen LogP contribution in [0, 0.1) is 22.7 Å². The van der Waals surface area contributed by atoms with E-state index in [4.69, 9.17) is 9.47 Å². The number of hydrogen-bond donors (Lipinski definition) is 0. The third-order valence-electron chi connectivity index (χ3n) is 6.50. The number of ether oxygens (including phenoxy) is 2. The lowest BCUT2D eigenvalue weighted by molar-refractivity contribution is -0.218. The molecule has 0 heterocycles. The fraction of sp³-hybridized carbons (Fsp3) is 0.895. The molecule has 0 aromatic rings. The maximum atomic E-state index is 12.6. The Morgan fingerprint density at radius 2 is 1.79 bits per heavy atom. The molecule has 4 fully saturated rings. The Hall–Kier alpha value is -1.13. The average Bonchev–Trinajstić information content (AvgIpc) is 2.50. The van der Waals surface area contributed by atoms with E-state index < -0.39 is 23.1 Å². The van der Waals surface area contributed by atoms with Crippen LogP contribution in [0.2, 0.25) is 0 Å². The van der Waals surface area contributed by atoms with Gasteiger partial charge in [0.2, 0.25) is 0 Å². The average molecular weight is 340 g/mol. The van der Waals surface area contributed by atoms with Crippen LogP contribution in [-0.4, -0.2) is 30.8 Å². The molecule has 2 unspecified atom stereocenters. The van der Waals surface area contributed by atoms with E-state index in [0.717, 1.165) is 38.5 Å². The Morgan fingerprint density at radius 3 is 2.33 bits per heavy atom. The molecule has 0 aliphatic heterocycles. The van der Waals surface area contributed by atoms with Crippen LogP contribution in [0.5, 0.6) is 0 Å². The number of hydrogen-bond acceptors (Lipinski definition) is 4. The highest BCUT2D eigenvalue weighted by Gasteiger charge is 2.63. The molecule has 0 radical (unpaired) electrons. The lowest BCUT2D eigenvalue weighted by atomic mass is 9.48. The fourth-order valence-corrected chi connectivity index (χ4v) is 5.30. The van der Waals surface area contributed by atoms with Crippen molar-refractivity contribution in [2.45, 2.75) is 71.3 Å². The molecule has 0 N–H and O–H groups in total. The van der Waals surface area contributed by atoms with Gasteiger partial charge in [-0.3, -0.25) is 9.59 Å². The zero-order chi connectivity index (χ0) is 17.6. The second kappa shape index (κ2) is 5.99. The summed E-state index contributed by atoms with van der Waals surface area (Å²) in [6.07, 6.45) is 5.67. The summed E-state index contributed by atoms with van der Waals surface area (Å²) in [5.74, 6) is 0.354. The summed E-state index contributed by atoms with van der Waals surface area (Å²) in [5, 5.41) is 0. The van der Waals surface area contributed by atoms with Crippen LogP contribution >= 0.6 is 0 Å². The lowest BCUT2D eigenvalue weighted by Gasteiger charge is -2.60. The number of halogens is 1. The van der Waals surface area contributed by atoms with Crippen LogP contribution in [0.3, 0.4) is 0 Å². The first-order chi connectivity index (χ1) is 11.2. The highest BCUT2D eigenvalue weighted by molar-refractivity contribution is 5.79. The zero-order valence-electron chi connectivity index (χ0n) is 15.0. The second-order valence-electron chi connectivity index (χ2n) is 8.88. The van der Waals surface area contributed by atoms with Crippen LogP contribution in [-0.2, 0) is 19.1 Å². The number of carbonyl (C=O) groups excluding carboxylic acids is 2. The summed E-state index contributed by atoms with van der Waals surface area (Å²) in [4.78, 5) is 25.2. The van der Waals surface area contributed by atoms with Gasteiger partial charge in [0, 0.05) is 6.42 Å². The second-order valence-corrected chi connectivity index (χ2v) is 8.88. The molecular formula is C19H29FO4. The van der Waals surface area contributed by atoms with Crippen molar-refractivity contribution in [2.24, 2.45) is 22.7 Å². The summed E-state index contributed by atoms with van der Waals surface area (Å²) in [6.45, 7) is 4.96. The maximum absolute atomic E-state index is 12.6. The molecule has 2 atom stereocenters. The standard InChI is InChI=1S/C19H29FO4/c1-4-17(2,3)15(21)24-19-10-13-7-14(11-19)9-18(8-13,12-19)16(22)23-6-5-20/h13-14H,4-12H2,1-3H3. The molecule has 0 saturated heterocycles. The van der Waals surface area contributed by atoms with Gasteiger partial charge in [-0.25, -0.2) is 4.39 Å². The quantitative estimate of drug-likeness (QED) is 0.690. The van der Waals surface area contributed by atoms with Gasteiger partial charge in [0.1, 0.15) is 18.9 Å². The molecule has 0 amide bonds. The predicted molar refractivity (Wildman–Crippen MR) is 86.9 cm³/mol. The molecule has 136 valence electrons. The molecule has 5 heteroatoms. The zero-order valence-corrected chi connectivity index (χ0v) is 15.0. The number of esters is 2. The van der Waals surface area contributed by atoms with Gasteiger partial charge in [-0.1, -0.05) is 6.92 Å². The molecule has 0 aromatic heterocycles.